The van der Waals surface area contributed by atoms with E-state index in [1.807, 2.05) is 0 Å². The van der Waals surface area contributed by atoms with Crippen molar-refractivity contribution in [1.29, 1.82) is 0 Å². The first-order chi connectivity index (χ1) is 8.51. The standard InChI is InChI=1S/C13H17FN2O2/c14-10-5-1-2-6-11(10)18-9-4-3-7-13(16,8-9)12(15)17/h1-2,5-6,9H,3-4,7-8,16H2,(H2,15,17). The Morgan fingerprint density at radius 2 is 2.17 bits per heavy atom. The molecule has 0 spiro atoms. The minimum atomic E-state index is -1.03. The summed E-state index contributed by atoms with van der Waals surface area (Å²) in [5.74, 6) is -0.745. The summed E-state index contributed by atoms with van der Waals surface area (Å²) in [6.45, 7) is 0. The van der Waals surface area contributed by atoms with Crippen LogP contribution in [0.4, 0.5) is 4.39 Å². The molecule has 0 saturated heterocycles. The summed E-state index contributed by atoms with van der Waals surface area (Å²) in [7, 11) is 0. The van der Waals surface area contributed by atoms with Crippen molar-refractivity contribution in [2.75, 3.05) is 0 Å². The van der Waals surface area contributed by atoms with E-state index in [1.165, 1.54) is 6.07 Å². The van der Waals surface area contributed by atoms with Crippen LogP contribution in [0.3, 0.4) is 0 Å². The number of carbonyl (C=O) groups excluding carboxylic acids is 1. The van der Waals surface area contributed by atoms with Crippen molar-refractivity contribution in [3.63, 3.8) is 0 Å². The van der Waals surface area contributed by atoms with Gasteiger partial charge in [0.1, 0.15) is 6.10 Å². The molecule has 0 aromatic heterocycles. The van der Waals surface area contributed by atoms with Gasteiger partial charge in [-0.3, -0.25) is 4.79 Å². The van der Waals surface area contributed by atoms with E-state index in [0.29, 0.717) is 12.8 Å². The maximum atomic E-state index is 13.4. The first-order valence-electron chi connectivity index (χ1n) is 6.01. The summed E-state index contributed by atoms with van der Waals surface area (Å²) in [5, 5.41) is 0. The van der Waals surface area contributed by atoms with Gasteiger partial charge in [-0.1, -0.05) is 12.1 Å². The average Bonchev–Trinajstić information content (AvgIpc) is 2.32. The molecule has 0 aliphatic heterocycles. The molecule has 1 amide bonds. The highest BCUT2D eigenvalue weighted by Crippen LogP contribution is 2.30. The lowest BCUT2D eigenvalue weighted by atomic mass is 9.80. The van der Waals surface area contributed by atoms with Crippen molar-refractivity contribution in [2.24, 2.45) is 11.5 Å². The van der Waals surface area contributed by atoms with E-state index in [1.54, 1.807) is 18.2 Å². The van der Waals surface area contributed by atoms with Crippen LogP contribution in [-0.2, 0) is 4.79 Å². The lowest BCUT2D eigenvalue weighted by Crippen LogP contribution is -2.56. The molecular formula is C13H17FN2O2. The molecule has 2 atom stereocenters. The minimum absolute atomic E-state index is 0.191. The maximum Gasteiger partial charge on any atom is 0.237 e. The second-order valence-corrected chi connectivity index (χ2v) is 4.79. The number of hydrogen-bond donors (Lipinski definition) is 2. The van der Waals surface area contributed by atoms with E-state index < -0.39 is 17.3 Å². The molecule has 2 unspecified atom stereocenters. The number of halogens is 1. The Hall–Kier alpha value is -1.62. The molecule has 1 fully saturated rings. The zero-order chi connectivity index (χ0) is 13.2. The van der Waals surface area contributed by atoms with Crippen LogP contribution in [0.2, 0.25) is 0 Å². The van der Waals surface area contributed by atoms with Crippen molar-refractivity contribution < 1.29 is 13.9 Å². The monoisotopic (exact) mass is 252 g/mol. The largest absolute Gasteiger partial charge is 0.487 e. The van der Waals surface area contributed by atoms with Crippen LogP contribution in [0.1, 0.15) is 25.7 Å². The van der Waals surface area contributed by atoms with Crippen LogP contribution in [0.5, 0.6) is 5.75 Å². The number of nitrogens with two attached hydrogens (primary N) is 2. The Morgan fingerprint density at radius 1 is 1.44 bits per heavy atom. The van der Waals surface area contributed by atoms with Crippen molar-refractivity contribution in [1.82, 2.24) is 0 Å². The van der Waals surface area contributed by atoms with Crippen LogP contribution in [0.15, 0.2) is 24.3 Å². The highest BCUT2D eigenvalue weighted by molar-refractivity contribution is 5.84. The first kappa shape index (κ1) is 12.8. The molecule has 0 radical (unpaired) electrons. The van der Waals surface area contributed by atoms with Gasteiger partial charge in [-0.2, -0.15) is 0 Å². The fourth-order valence-corrected chi connectivity index (χ4v) is 2.30. The van der Waals surface area contributed by atoms with Crippen LogP contribution in [0.25, 0.3) is 0 Å². The highest BCUT2D eigenvalue weighted by Gasteiger charge is 2.38. The number of amides is 1. The summed E-state index contributed by atoms with van der Waals surface area (Å²) in [6.07, 6.45) is 2.11. The van der Waals surface area contributed by atoms with Gasteiger partial charge in [-0.15, -0.1) is 0 Å². The lowest BCUT2D eigenvalue weighted by molar-refractivity contribution is -0.125. The Bertz CT molecular complexity index is 452. The Balaban J connectivity index is 2.07. The predicted molar refractivity (Wildman–Crippen MR) is 65.4 cm³/mol. The van der Waals surface area contributed by atoms with Gasteiger partial charge in [0.25, 0.3) is 0 Å². The van der Waals surface area contributed by atoms with Gasteiger partial charge >= 0.3 is 0 Å². The normalized spacial score (nSPS) is 27.8. The first-order valence-corrected chi connectivity index (χ1v) is 6.01. The molecule has 1 saturated carbocycles. The van der Waals surface area contributed by atoms with E-state index in [-0.39, 0.29) is 11.9 Å². The maximum absolute atomic E-state index is 13.4. The fraction of sp³-hybridized carbons (Fsp3) is 0.462. The zero-order valence-corrected chi connectivity index (χ0v) is 10.1. The molecule has 0 bridgehead atoms. The number of ether oxygens (including phenoxy) is 1. The molecule has 1 aromatic carbocycles. The van der Waals surface area contributed by atoms with Gasteiger partial charge in [0.15, 0.2) is 11.6 Å². The Labute approximate surface area is 105 Å². The van der Waals surface area contributed by atoms with Crippen molar-refractivity contribution in [3.8, 4) is 5.75 Å². The second kappa shape index (κ2) is 4.94. The molecule has 1 aromatic rings. The minimum Gasteiger partial charge on any atom is -0.487 e. The van der Waals surface area contributed by atoms with Gasteiger partial charge in [-0.05, 0) is 31.4 Å². The average molecular weight is 252 g/mol. The third-order valence-electron chi connectivity index (χ3n) is 3.36. The smallest absolute Gasteiger partial charge is 0.237 e. The van der Waals surface area contributed by atoms with Crippen molar-refractivity contribution >= 4 is 5.91 Å². The lowest BCUT2D eigenvalue weighted by Gasteiger charge is -2.35. The third kappa shape index (κ3) is 2.61. The van der Waals surface area contributed by atoms with E-state index in [0.717, 1.165) is 12.8 Å². The highest BCUT2D eigenvalue weighted by atomic mass is 19.1. The van der Waals surface area contributed by atoms with Crippen molar-refractivity contribution in [3.05, 3.63) is 30.1 Å². The molecule has 1 aliphatic carbocycles. The van der Waals surface area contributed by atoms with Gasteiger partial charge in [0, 0.05) is 6.42 Å². The second-order valence-electron chi connectivity index (χ2n) is 4.79. The molecular weight excluding hydrogens is 235 g/mol. The number of rotatable bonds is 3. The number of primary amides is 1. The van der Waals surface area contributed by atoms with Crippen LogP contribution >= 0.6 is 0 Å². The summed E-state index contributed by atoms with van der Waals surface area (Å²) in [4.78, 5) is 11.3. The molecule has 1 aliphatic rings. The van der Waals surface area contributed by atoms with E-state index in [9.17, 15) is 9.18 Å². The van der Waals surface area contributed by atoms with Crippen LogP contribution in [0, 0.1) is 5.82 Å². The van der Waals surface area contributed by atoms with Crippen LogP contribution < -0.4 is 16.2 Å². The Kier molecular flexibility index (Phi) is 3.52. The summed E-state index contributed by atoms with van der Waals surface area (Å²) >= 11 is 0. The molecule has 2 rings (SSSR count). The van der Waals surface area contributed by atoms with Gasteiger partial charge in [0.2, 0.25) is 5.91 Å². The third-order valence-corrected chi connectivity index (χ3v) is 3.36. The molecule has 4 nitrogen and oxygen atoms in total. The summed E-state index contributed by atoms with van der Waals surface area (Å²) in [6, 6.07) is 6.19. The van der Waals surface area contributed by atoms with E-state index >= 15 is 0 Å². The van der Waals surface area contributed by atoms with Gasteiger partial charge < -0.3 is 16.2 Å². The van der Waals surface area contributed by atoms with Gasteiger partial charge in [0.05, 0.1) is 5.54 Å². The van der Waals surface area contributed by atoms with E-state index in [2.05, 4.69) is 0 Å². The van der Waals surface area contributed by atoms with Gasteiger partial charge in [-0.25, -0.2) is 4.39 Å². The quantitative estimate of drug-likeness (QED) is 0.851. The van der Waals surface area contributed by atoms with Crippen molar-refractivity contribution in [2.45, 2.75) is 37.3 Å². The number of hydrogen-bond acceptors (Lipinski definition) is 3. The number of para-hydroxylation sites is 1. The SMILES string of the molecule is NC(=O)C1(N)CCCC(Oc2ccccc2F)C1. The molecule has 98 valence electrons. The van der Waals surface area contributed by atoms with Crippen LogP contribution in [-0.4, -0.2) is 17.6 Å². The fourth-order valence-electron chi connectivity index (χ4n) is 2.30. The molecule has 4 N–H and O–H groups in total. The molecule has 18 heavy (non-hydrogen) atoms. The topological polar surface area (TPSA) is 78.3 Å². The zero-order valence-electron chi connectivity index (χ0n) is 10.1. The molecule has 0 heterocycles. The number of carbonyl (C=O) groups is 1. The Morgan fingerprint density at radius 3 is 2.83 bits per heavy atom. The summed E-state index contributed by atoms with van der Waals surface area (Å²) < 4.78 is 19.0. The molecule has 5 heteroatoms. The summed E-state index contributed by atoms with van der Waals surface area (Å²) in [5.41, 5.74) is 10.2. The predicted octanol–water partition coefficient (Wildman–Crippen LogP) is 1.33. The van der Waals surface area contributed by atoms with E-state index in [4.69, 9.17) is 16.2 Å². The number of benzene rings is 1.